The van der Waals surface area contributed by atoms with Crippen LogP contribution in [-0.4, -0.2) is 27.9 Å². The zero-order valence-corrected chi connectivity index (χ0v) is 17.3. The highest BCUT2D eigenvalue weighted by molar-refractivity contribution is 6.04. The van der Waals surface area contributed by atoms with Crippen LogP contribution in [0.3, 0.4) is 0 Å². The number of aryl methyl sites for hydroxylation is 2. The van der Waals surface area contributed by atoms with E-state index in [4.69, 9.17) is 0 Å². The number of amides is 2. The van der Waals surface area contributed by atoms with E-state index in [-0.39, 0.29) is 11.8 Å². The van der Waals surface area contributed by atoms with Crippen LogP contribution in [0.1, 0.15) is 71.0 Å². The molecular weight excluding hydrogens is 352 g/mol. The van der Waals surface area contributed by atoms with Gasteiger partial charge in [0.15, 0.2) is 5.82 Å². The Labute approximate surface area is 166 Å². The van der Waals surface area contributed by atoms with Gasteiger partial charge >= 0.3 is 0 Å². The average molecular weight is 383 g/mol. The minimum Gasteiger partial charge on any atom is -0.351 e. The number of fused-ring (bicyclic) bond motifs is 1. The molecule has 6 nitrogen and oxygen atoms in total. The van der Waals surface area contributed by atoms with Crippen molar-refractivity contribution in [3.05, 3.63) is 46.5 Å². The van der Waals surface area contributed by atoms with E-state index < -0.39 is 0 Å². The number of anilines is 1. The van der Waals surface area contributed by atoms with E-state index in [0.717, 1.165) is 54.7 Å². The van der Waals surface area contributed by atoms with Crippen molar-refractivity contribution in [2.75, 3.05) is 11.9 Å². The SMILES string of the molecule is Cc1cccc(C)c1NC(=O)c1nc(C(=O)NCCC(C)C)c2n1CCCC2. The van der Waals surface area contributed by atoms with Crippen molar-refractivity contribution in [3.63, 3.8) is 0 Å². The smallest absolute Gasteiger partial charge is 0.291 e. The second-order valence-electron chi connectivity index (χ2n) is 8.00. The van der Waals surface area contributed by atoms with E-state index in [1.54, 1.807) is 0 Å². The number of hydrogen-bond donors (Lipinski definition) is 2. The average Bonchev–Trinajstić information content (AvgIpc) is 3.04. The van der Waals surface area contributed by atoms with Gasteiger partial charge in [0.25, 0.3) is 11.8 Å². The lowest BCUT2D eigenvalue weighted by Crippen LogP contribution is -2.27. The maximum Gasteiger partial charge on any atom is 0.291 e. The van der Waals surface area contributed by atoms with Crippen molar-refractivity contribution in [2.45, 2.75) is 59.9 Å². The lowest BCUT2D eigenvalue weighted by Gasteiger charge is -2.17. The molecule has 0 unspecified atom stereocenters. The summed E-state index contributed by atoms with van der Waals surface area (Å²) in [5.74, 6) is 0.403. The third-order valence-corrected chi connectivity index (χ3v) is 5.26. The molecule has 150 valence electrons. The number of nitrogens with one attached hydrogen (secondary N) is 2. The Balaban J connectivity index is 1.86. The molecule has 0 saturated heterocycles. The van der Waals surface area contributed by atoms with E-state index in [0.29, 0.717) is 24.0 Å². The van der Waals surface area contributed by atoms with Crippen LogP contribution in [0.5, 0.6) is 0 Å². The highest BCUT2D eigenvalue weighted by Gasteiger charge is 2.27. The van der Waals surface area contributed by atoms with Crippen molar-refractivity contribution < 1.29 is 9.59 Å². The molecule has 1 aromatic heterocycles. The molecular formula is C22H30N4O2. The van der Waals surface area contributed by atoms with Crippen LogP contribution in [0.2, 0.25) is 0 Å². The van der Waals surface area contributed by atoms with Crippen LogP contribution in [-0.2, 0) is 13.0 Å². The Kier molecular flexibility index (Phi) is 6.17. The van der Waals surface area contributed by atoms with Crippen molar-refractivity contribution in [1.29, 1.82) is 0 Å². The molecule has 2 N–H and O–H groups in total. The molecule has 1 aliphatic rings. The van der Waals surface area contributed by atoms with Crippen LogP contribution in [0.15, 0.2) is 18.2 Å². The number of imidazole rings is 1. The normalized spacial score (nSPS) is 13.3. The standard InChI is InChI=1S/C22H30N4O2/c1-14(2)11-12-23-21(27)19-17-10-5-6-13-26(17)20(24-19)22(28)25-18-15(3)8-7-9-16(18)4/h7-9,14H,5-6,10-13H2,1-4H3,(H,23,27)(H,25,28). The maximum absolute atomic E-state index is 13.0. The minimum atomic E-state index is -0.262. The molecule has 0 fully saturated rings. The third-order valence-electron chi connectivity index (χ3n) is 5.26. The van der Waals surface area contributed by atoms with Gasteiger partial charge in [0.2, 0.25) is 0 Å². The Bertz CT molecular complexity index is 863. The number of carbonyl (C=O) groups excluding carboxylic acids is 2. The summed E-state index contributed by atoms with van der Waals surface area (Å²) in [7, 11) is 0. The molecule has 6 heteroatoms. The number of aromatic nitrogens is 2. The zero-order valence-electron chi connectivity index (χ0n) is 17.3. The zero-order chi connectivity index (χ0) is 20.3. The van der Waals surface area contributed by atoms with Crippen LogP contribution >= 0.6 is 0 Å². The van der Waals surface area contributed by atoms with Crippen LogP contribution in [0.25, 0.3) is 0 Å². The molecule has 0 radical (unpaired) electrons. The van der Waals surface area contributed by atoms with Crippen LogP contribution in [0, 0.1) is 19.8 Å². The van der Waals surface area contributed by atoms with Crippen molar-refractivity contribution >= 4 is 17.5 Å². The lowest BCUT2D eigenvalue weighted by molar-refractivity contribution is 0.0946. The first kappa shape index (κ1) is 20.1. The van der Waals surface area contributed by atoms with Crippen LogP contribution in [0.4, 0.5) is 5.69 Å². The summed E-state index contributed by atoms with van der Waals surface area (Å²) in [5.41, 5.74) is 4.09. The molecule has 2 aromatic rings. The third kappa shape index (κ3) is 4.26. The summed E-state index contributed by atoms with van der Waals surface area (Å²) >= 11 is 0. The molecule has 1 aliphatic heterocycles. The predicted octanol–water partition coefficient (Wildman–Crippen LogP) is 3.86. The fourth-order valence-electron chi connectivity index (χ4n) is 3.64. The first-order valence-electron chi connectivity index (χ1n) is 10.1. The summed E-state index contributed by atoms with van der Waals surface area (Å²) < 4.78 is 1.92. The number of hydrogen-bond acceptors (Lipinski definition) is 3. The second-order valence-corrected chi connectivity index (χ2v) is 8.00. The summed E-state index contributed by atoms with van der Waals surface area (Å²) in [6, 6.07) is 5.91. The number of para-hydroxylation sites is 1. The largest absolute Gasteiger partial charge is 0.351 e. The Morgan fingerprint density at radius 1 is 1.14 bits per heavy atom. The molecule has 0 saturated carbocycles. The second kappa shape index (κ2) is 8.59. The summed E-state index contributed by atoms with van der Waals surface area (Å²) in [4.78, 5) is 30.2. The Morgan fingerprint density at radius 2 is 1.86 bits per heavy atom. The summed E-state index contributed by atoms with van der Waals surface area (Å²) in [6.45, 7) is 9.53. The van der Waals surface area contributed by atoms with Gasteiger partial charge in [-0.2, -0.15) is 0 Å². The van der Waals surface area contributed by atoms with E-state index in [1.807, 2.05) is 36.6 Å². The van der Waals surface area contributed by atoms with Gasteiger partial charge in [-0.25, -0.2) is 4.98 Å². The van der Waals surface area contributed by atoms with Gasteiger partial charge in [-0.1, -0.05) is 32.0 Å². The minimum absolute atomic E-state index is 0.183. The van der Waals surface area contributed by atoms with E-state index in [2.05, 4.69) is 29.5 Å². The highest BCUT2D eigenvalue weighted by Crippen LogP contribution is 2.24. The first-order valence-corrected chi connectivity index (χ1v) is 10.1. The Morgan fingerprint density at radius 3 is 2.54 bits per heavy atom. The fourth-order valence-corrected chi connectivity index (χ4v) is 3.64. The Hall–Kier alpha value is -2.63. The maximum atomic E-state index is 13.0. The van der Waals surface area contributed by atoms with E-state index in [1.165, 1.54) is 0 Å². The lowest BCUT2D eigenvalue weighted by atomic mass is 10.1. The van der Waals surface area contributed by atoms with Gasteiger partial charge in [0.1, 0.15) is 5.69 Å². The highest BCUT2D eigenvalue weighted by atomic mass is 16.2. The molecule has 0 aliphatic carbocycles. The number of carbonyl (C=O) groups is 2. The van der Waals surface area contributed by atoms with Gasteiger partial charge in [-0.15, -0.1) is 0 Å². The first-order chi connectivity index (χ1) is 13.4. The monoisotopic (exact) mass is 382 g/mol. The number of rotatable bonds is 6. The van der Waals surface area contributed by atoms with Crippen molar-refractivity contribution in [1.82, 2.24) is 14.9 Å². The molecule has 0 bridgehead atoms. The predicted molar refractivity (Wildman–Crippen MR) is 111 cm³/mol. The summed E-state index contributed by atoms with van der Waals surface area (Å²) in [6.07, 6.45) is 3.69. The van der Waals surface area contributed by atoms with Crippen LogP contribution < -0.4 is 10.6 Å². The quantitative estimate of drug-likeness (QED) is 0.796. The van der Waals surface area contributed by atoms with Gasteiger partial charge in [-0.3, -0.25) is 9.59 Å². The summed E-state index contributed by atoms with van der Waals surface area (Å²) in [5, 5.41) is 5.96. The molecule has 1 aromatic carbocycles. The molecule has 0 atom stereocenters. The van der Waals surface area contributed by atoms with E-state index >= 15 is 0 Å². The molecule has 3 rings (SSSR count). The van der Waals surface area contributed by atoms with Gasteiger partial charge < -0.3 is 15.2 Å². The molecule has 0 spiro atoms. The number of benzene rings is 1. The van der Waals surface area contributed by atoms with E-state index in [9.17, 15) is 9.59 Å². The molecule has 2 amide bonds. The van der Waals surface area contributed by atoms with Gasteiger partial charge in [0, 0.05) is 18.8 Å². The van der Waals surface area contributed by atoms with Gasteiger partial charge in [-0.05, 0) is 56.6 Å². The van der Waals surface area contributed by atoms with Gasteiger partial charge in [0.05, 0.1) is 5.69 Å². The topological polar surface area (TPSA) is 76.0 Å². The van der Waals surface area contributed by atoms with Crippen molar-refractivity contribution in [2.24, 2.45) is 5.92 Å². The molecule has 2 heterocycles. The van der Waals surface area contributed by atoms with Crippen molar-refractivity contribution in [3.8, 4) is 0 Å². The number of nitrogens with zero attached hydrogens (tertiary/aromatic N) is 2. The molecule has 28 heavy (non-hydrogen) atoms. The fraction of sp³-hybridized carbons (Fsp3) is 0.500.